The lowest BCUT2D eigenvalue weighted by Gasteiger charge is -2.18. The summed E-state index contributed by atoms with van der Waals surface area (Å²) in [6.45, 7) is 0. The highest BCUT2D eigenvalue weighted by atomic mass is 35.5. The molecule has 31 heavy (non-hydrogen) atoms. The van der Waals surface area contributed by atoms with Crippen molar-refractivity contribution in [1.82, 2.24) is 15.3 Å². The lowest BCUT2D eigenvalue weighted by Crippen LogP contribution is -2.42. The Bertz CT molecular complexity index is 1320. The van der Waals surface area contributed by atoms with Crippen molar-refractivity contribution >= 4 is 45.8 Å². The quantitative estimate of drug-likeness (QED) is 0.377. The van der Waals surface area contributed by atoms with Crippen LogP contribution in [0.15, 0.2) is 71.7 Å². The molecule has 0 aliphatic carbocycles. The first-order valence-electron chi connectivity index (χ1n) is 9.46. The number of nitrogens with one attached hydrogen (secondary N) is 3. The van der Waals surface area contributed by atoms with E-state index >= 15 is 0 Å². The lowest BCUT2D eigenvalue weighted by molar-refractivity contribution is 0.0854. The molecule has 4 rings (SSSR count). The van der Waals surface area contributed by atoms with Crippen LogP contribution >= 0.6 is 23.2 Å². The number of rotatable bonds is 6. The van der Waals surface area contributed by atoms with Crippen LogP contribution in [0.3, 0.4) is 0 Å². The highest BCUT2D eigenvalue weighted by Crippen LogP contribution is 2.21. The van der Waals surface area contributed by atoms with Crippen LogP contribution in [0.1, 0.15) is 26.4 Å². The van der Waals surface area contributed by atoms with Crippen molar-refractivity contribution < 1.29 is 9.59 Å². The summed E-state index contributed by atoms with van der Waals surface area (Å²) in [4.78, 5) is 43.0. The van der Waals surface area contributed by atoms with Gasteiger partial charge in [-0.25, -0.2) is 0 Å². The molecule has 156 valence electrons. The lowest BCUT2D eigenvalue weighted by atomic mass is 9.98. The number of halogens is 2. The first kappa shape index (κ1) is 20.9. The molecule has 0 radical (unpaired) electrons. The molecule has 6 nitrogen and oxygen atoms in total. The number of hydrogen-bond donors (Lipinski definition) is 3. The first-order chi connectivity index (χ1) is 14.9. The number of pyridine rings is 1. The molecule has 0 unspecified atom stereocenters. The van der Waals surface area contributed by atoms with Gasteiger partial charge in [0.2, 0.25) is 5.56 Å². The summed E-state index contributed by atoms with van der Waals surface area (Å²) in [5.41, 5.74) is 1.73. The number of aromatic amines is 2. The minimum absolute atomic E-state index is 0.190. The molecule has 1 atom stereocenters. The summed E-state index contributed by atoms with van der Waals surface area (Å²) in [5.74, 6) is -0.786. The fraction of sp³-hybridized carbons (Fsp3) is 0.0870. The maximum Gasteiger partial charge on any atom is 0.268 e. The van der Waals surface area contributed by atoms with Gasteiger partial charge in [-0.2, -0.15) is 0 Å². The highest BCUT2D eigenvalue weighted by molar-refractivity contribution is 6.31. The van der Waals surface area contributed by atoms with Gasteiger partial charge in [0.15, 0.2) is 5.78 Å². The molecule has 0 aliphatic heterocycles. The third-order valence-corrected chi connectivity index (χ3v) is 5.50. The fourth-order valence-corrected chi connectivity index (χ4v) is 3.71. The number of carbonyl (C=O) groups is 2. The summed E-state index contributed by atoms with van der Waals surface area (Å²) in [5, 5.41) is 4.63. The summed E-state index contributed by atoms with van der Waals surface area (Å²) < 4.78 is 0. The maximum atomic E-state index is 13.1. The Morgan fingerprint density at radius 2 is 1.81 bits per heavy atom. The molecule has 2 aromatic heterocycles. The van der Waals surface area contributed by atoms with E-state index < -0.39 is 11.9 Å². The van der Waals surface area contributed by atoms with Crippen molar-refractivity contribution in [2.75, 3.05) is 0 Å². The Labute approximate surface area is 187 Å². The van der Waals surface area contributed by atoms with E-state index in [1.807, 2.05) is 6.07 Å². The van der Waals surface area contributed by atoms with Gasteiger partial charge in [0.05, 0.1) is 6.04 Å². The number of benzene rings is 2. The fourth-order valence-electron chi connectivity index (χ4n) is 3.32. The van der Waals surface area contributed by atoms with Crippen LogP contribution in [0.25, 0.3) is 10.9 Å². The van der Waals surface area contributed by atoms with Crippen LogP contribution in [0, 0.1) is 0 Å². The van der Waals surface area contributed by atoms with Crippen LogP contribution in [0.4, 0.5) is 0 Å². The zero-order valence-corrected chi connectivity index (χ0v) is 17.6. The van der Waals surface area contributed by atoms with E-state index in [9.17, 15) is 14.4 Å². The number of aromatic nitrogens is 2. The first-order valence-corrected chi connectivity index (χ1v) is 10.2. The van der Waals surface area contributed by atoms with Gasteiger partial charge in [0.25, 0.3) is 5.91 Å². The average molecular weight is 454 g/mol. The van der Waals surface area contributed by atoms with Crippen molar-refractivity contribution in [3.8, 4) is 0 Å². The number of Topliss-reactive ketones (excluding diaryl/α,β-unsaturated/α-hetero) is 1. The Balaban J connectivity index is 1.64. The van der Waals surface area contributed by atoms with Crippen LogP contribution in [0.5, 0.6) is 0 Å². The minimum atomic E-state index is -0.895. The van der Waals surface area contributed by atoms with Crippen LogP contribution in [0.2, 0.25) is 10.0 Å². The summed E-state index contributed by atoms with van der Waals surface area (Å²) in [6.07, 6.45) is 1.52. The molecular formula is C23H17Cl2N3O3. The van der Waals surface area contributed by atoms with Crippen molar-refractivity contribution in [3.05, 3.63) is 104 Å². The predicted octanol–water partition coefficient (Wildman–Crippen LogP) is 4.39. The molecule has 0 bridgehead atoms. The second-order valence-electron chi connectivity index (χ2n) is 7.04. The number of amides is 1. The number of carbonyl (C=O) groups excluding carboxylic acids is 2. The molecule has 0 aliphatic rings. The Kier molecular flexibility index (Phi) is 5.93. The maximum absolute atomic E-state index is 13.1. The van der Waals surface area contributed by atoms with Crippen LogP contribution < -0.4 is 10.9 Å². The van der Waals surface area contributed by atoms with E-state index in [1.165, 1.54) is 18.3 Å². The Hall–Kier alpha value is -3.35. The normalized spacial score (nSPS) is 11.9. The van der Waals surface area contributed by atoms with Gasteiger partial charge in [-0.15, -0.1) is 0 Å². The van der Waals surface area contributed by atoms with Gasteiger partial charge < -0.3 is 15.3 Å². The molecule has 0 saturated heterocycles. The number of ketones is 1. The molecule has 4 aromatic rings. The van der Waals surface area contributed by atoms with Gasteiger partial charge in [-0.1, -0.05) is 41.4 Å². The molecule has 0 saturated carbocycles. The molecule has 2 heterocycles. The van der Waals surface area contributed by atoms with Crippen LogP contribution in [-0.4, -0.2) is 27.7 Å². The smallest absolute Gasteiger partial charge is 0.268 e. The SMILES string of the molecule is O=C(N[C@H](Cc1ccccc1Cl)C(=O)c1ccc(=O)[nH]c1)c1cc2cc(Cl)ccc2[nH]1. The second-order valence-corrected chi connectivity index (χ2v) is 7.89. The second kappa shape index (κ2) is 8.79. The standard InChI is InChI=1S/C23H17Cl2N3O3/c24-16-6-7-18-15(9-16)11-20(27-18)23(31)28-19(10-13-3-1-2-4-17(13)25)22(30)14-5-8-21(29)26-12-14/h1-9,11-12,19,27H,10H2,(H,26,29)(H,28,31)/t19-/m1/s1. The Morgan fingerprint density at radius 1 is 1.00 bits per heavy atom. The van der Waals surface area contributed by atoms with Crippen molar-refractivity contribution in [2.45, 2.75) is 12.5 Å². The summed E-state index contributed by atoms with van der Waals surface area (Å²) in [7, 11) is 0. The third kappa shape index (κ3) is 4.71. The van der Waals surface area contributed by atoms with Gasteiger partial charge >= 0.3 is 0 Å². The molecule has 3 N–H and O–H groups in total. The predicted molar refractivity (Wildman–Crippen MR) is 121 cm³/mol. The van der Waals surface area contributed by atoms with Gasteiger partial charge in [0, 0.05) is 45.2 Å². The number of fused-ring (bicyclic) bond motifs is 1. The van der Waals surface area contributed by atoms with E-state index in [2.05, 4.69) is 15.3 Å². The largest absolute Gasteiger partial charge is 0.351 e. The van der Waals surface area contributed by atoms with Crippen molar-refractivity contribution in [1.29, 1.82) is 0 Å². The average Bonchev–Trinajstić information content (AvgIpc) is 3.18. The van der Waals surface area contributed by atoms with E-state index in [-0.39, 0.29) is 23.3 Å². The van der Waals surface area contributed by atoms with E-state index in [1.54, 1.807) is 42.5 Å². The molecule has 2 aromatic carbocycles. The molecule has 0 fully saturated rings. The van der Waals surface area contributed by atoms with Crippen molar-refractivity contribution in [2.24, 2.45) is 0 Å². The molecule has 0 spiro atoms. The topological polar surface area (TPSA) is 94.8 Å². The molecule has 8 heteroatoms. The van der Waals surface area contributed by atoms with E-state index in [4.69, 9.17) is 23.2 Å². The summed E-state index contributed by atoms with van der Waals surface area (Å²) in [6, 6.07) is 15.8. The van der Waals surface area contributed by atoms with Gasteiger partial charge in [-0.05, 0) is 42.0 Å². The number of hydrogen-bond acceptors (Lipinski definition) is 3. The third-order valence-electron chi connectivity index (χ3n) is 4.90. The summed E-state index contributed by atoms with van der Waals surface area (Å²) >= 11 is 12.3. The molecule has 1 amide bonds. The van der Waals surface area contributed by atoms with Gasteiger partial charge in [-0.3, -0.25) is 14.4 Å². The molecular weight excluding hydrogens is 437 g/mol. The monoisotopic (exact) mass is 453 g/mol. The highest BCUT2D eigenvalue weighted by Gasteiger charge is 2.25. The van der Waals surface area contributed by atoms with Crippen LogP contribution in [-0.2, 0) is 6.42 Å². The zero-order chi connectivity index (χ0) is 22.0. The van der Waals surface area contributed by atoms with E-state index in [0.717, 1.165) is 16.5 Å². The Morgan fingerprint density at radius 3 is 2.55 bits per heavy atom. The van der Waals surface area contributed by atoms with Crippen molar-refractivity contribution in [3.63, 3.8) is 0 Å². The van der Waals surface area contributed by atoms with E-state index in [0.29, 0.717) is 15.7 Å². The zero-order valence-electron chi connectivity index (χ0n) is 16.1. The van der Waals surface area contributed by atoms with Gasteiger partial charge in [0.1, 0.15) is 5.69 Å². The number of H-pyrrole nitrogens is 2. The minimum Gasteiger partial charge on any atom is -0.351 e.